The largest absolute Gasteiger partial charge is 0.391 e. The molecule has 25 heteroatoms. The van der Waals surface area contributed by atoms with Gasteiger partial charge in [-0.05, 0) is 96.5 Å². The Morgan fingerprint density at radius 2 is 1.17 bits per heavy atom. The lowest BCUT2D eigenvalue weighted by atomic mass is 10.00. The quantitative estimate of drug-likeness (QED) is 0.0691. The number of hydrogen-bond acceptors (Lipinski definition) is 16. The van der Waals surface area contributed by atoms with Gasteiger partial charge in [-0.25, -0.2) is 0 Å². The number of carbonyl (C=O) groups is 9. The SMILES string of the molecule is CC(C)C[C@@H]1NC(=O)[C@@H](Cc2ccccc2)NC(=O)[C@H](CCN)NC(=O)CN(C(=O)[C@H](CCN)NC(=O)[C@@H](N)[C@@H](C)O)CCCCNC(=O)[C@@H]([C@H](C)O)NC(=O)[C@H](CCN)NC(=O)[C@H](CCN)NC1=O. The first kappa shape index (κ1) is 60.3. The highest BCUT2D eigenvalue weighted by atomic mass is 16.3. The van der Waals surface area contributed by atoms with Crippen molar-refractivity contribution in [2.24, 2.45) is 34.6 Å². The van der Waals surface area contributed by atoms with Gasteiger partial charge < -0.3 is 86.3 Å². The Kier molecular flexibility index (Phi) is 27.1. The molecule has 10 atom stereocenters. The van der Waals surface area contributed by atoms with Crippen molar-refractivity contribution < 1.29 is 53.4 Å². The van der Waals surface area contributed by atoms with E-state index in [1.165, 1.54) is 13.8 Å². The number of amides is 9. The number of nitrogens with two attached hydrogens (primary N) is 5. The number of hydrogen-bond donors (Lipinski definition) is 15. The van der Waals surface area contributed by atoms with Gasteiger partial charge in [0.2, 0.25) is 53.2 Å². The number of carbonyl (C=O) groups excluding carboxylic acids is 9. The fourth-order valence-corrected chi connectivity index (χ4v) is 7.38. The Morgan fingerprint density at radius 1 is 0.671 bits per heavy atom. The van der Waals surface area contributed by atoms with Gasteiger partial charge >= 0.3 is 0 Å². The van der Waals surface area contributed by atoms with E-state index in [1.54, 1.807) is 44.2 Å². The van der Waals surface area contributed by atoms with Crippen molar-refractivity contribution in [1.82, 2.24) is 47.4 Å². The molecule has 394 valence electrons. The zero-order chi connectivity index (χ0) is 52.5. The summed E-state index contributed by atoms with van der Waals surface area (Å²) in [5.41, 5.74) is 29.8. The van der Waals surface area contributed by atoms with Gasteiger partial charge in [-0.15, -0.1) is 0 Å². The van der Waals surface area contributed by atoms with Crippen LogP contribution in [0.25, 0.3) is 0 Å². The van der Waals surface area contributed by atoms with Crippen molar-refractivity contribution in [3.8, 4) is 0 Å². The predicted octanol–water partition coefficient (Wildman–Crippen LogP) is -6.11. The van der Waals surface area contributed by atoms with Crippen LogP contribution in [0.4, 0.5) is 0 Å². The molecule has 0 aromatic heterocycles. The molecule has 1 aromatic rings. The second-order valence-electron chi connectivity index (χ2n) is 17.8. The summed E-state index contributed by atoms with van der Waals surface area (Å²) in [6.45, 7) is 4.97. The molecule has 9 amide bonds. The van der Waals surface area contributed by atoms with E-state index >= 15 is 0 Å². The number of rotatable bonds is 17. The van der Waals surface area contributed by atoms with Crippen LogP contribution >= 0.6 is 0 Å². The van der Waals surface area contributed by atoms with Crippen LogP contribution in [0.5, 0.6) is 0 Å². The predicted molar refractivity (Wildman–Crippen MR) is 258 cm³/mol. The van der Waals surface area contributed by atoms with Crippen LogP contribution in [0.1, 0.15) is 78.2 Å². The summed E-state index contributed by atoms with van der Waals surface area (Å²) in [5, 5.41) is 41.3. The molecule has 1 aromatic carbocycles. The molecule has 0 saturated carbocycles. The Morgan fingerprint density at radius 3 is 1.69 bits per heavy atom. The minimum absolute atomic E-state index is 0.0456. The maximum atomic E-state index is 14.3. The summed E-state index contributed by atoms with van der Waals surface area (Å²) < 4.78 is 0. The zero-order valence-corrected chi connectivity index (χ0v) is 40.7. The molecule has 25 nitrogen and oxygen atoms in total. The second kappa shape index (κ2) is 31.4. The minimum atomic E-state index is -1.51. The van der Waals surface area contributed by atoms with E-state index in [9.17, 15) is 53.4 Å². The van der Waals surface area contributed by atoms with E-state index in [0.717, 1.165) is 4.90 Å². The van der Waals surface area contributed by atoms with Gasteiger partial charge in [0.05, 0.1) is 18.8 Å². The van der Waals surface area contributed by atoms with Gasteiger partial charge in [-0.2, -0.15) is 0 Å². The maximum Gasteiger partial charge on any atom is 0.245 e. The number of nitrogens with one attached hydrogen (secondary N) is 8. The molecule has 0 radical (unpaired) electrons. The third-order valence-electron chi connectivity index (χ3n) is 11.3. The summed E-state index contributed by atoms with van der Waals surface area (Å²) in [4.78, 5) is 125. The molecule has 70 heavy (non-hydrogen) atoms. The molecule has 1 saturated heterocycles. The molecule has 0 unspecified atom stereocenters. The third kappa shape index (κ3) is 20.6. The van der Waals surface area contributed by atoms with Gasteiger partial charge in [-0.3, -0.25) is 43.2 Å². The number of nitrogens with zero attached hydrogens (tertiary/aromatic N) is 1. The summed E-state index contributed by atoms with van der Waals surface area (Å²) in [6, 6.07) is -2.12. The standard InChI is InChI=1S/C45H78N14O11/c1-25(2)22-33-41(66)54-30(13-17-47)39(64)53-31(14-18-48)40(65)58-37(27(4)61)44(69)51-20-8-9-21-59(45(70)32(15-19-49)55-43(68)36(50)26(3)60)24-35(62)52-29(12-16-46)38(63)57-34(42(67)56-33)23-28-10-6-5-7-11-28/h5-7,10-11,25-27,29-34,36-37,60-61H,8-9,12-24,46-50H2,1-4H3,(H,51,69)(H,52,62)(H,53,64)(H,54,66)(H,55,68)(H,56,67)(H,57,63)(H,58,65)/t26-,27+,29+,30+,31+,32+,33+,34-,36+,37-/m1/s1. The van der Waals surface area contributed by atoms with Crippen LogP contribution in [0.3, 0.4) is 0 Å². The third-order valence-corrected chi connectivity index (χ3v) is 11.3. The average molecular weight is 991 g/mol. The fourth-order valence-electron chi connectivity index (χ4n) is 7.38. The molecular weight excluding hydrogens is 913 g/mol. The minimum Gasteiger partial charge on any atom is -0.391 e. The van der Waals surface area contributed by atoms with Gasteiger partial charge in [0.25, 0.3) is 0 Å². The van der Waals surface area contributed by atoms with E-state index in [4.69, 9.17) is 28.7 Å². The average Bonchev–Trinajstić information content (AvgIpc) is 3.30. The van der Waals surface area contributed by atoms with Crippen LogP contribution in [-0.4, -0.2) is 175 Å². The second-order valence-corrected chi connectivity index (χ2v) is 17.8. The van der Waals surface area contributed by atoms with E-state index in [0.29, 0.717) is 5.56 Å². The molecule has 1 aliphatic rings. The Labute approximate surface area is 409 Å². The van der Waals surface area contributed by atoms with Gasteiger partial charge in [0.15, 0.2) is 0 Å². The lowest BCUT2D eigenvalue weighted by Crippen LogP contribution is -2.61. The van der Waals surface area contributed by atoms with Crippen LogP contribution in [0.15, 0.2) is 30.3 Å². The van der Waals surface area contributed by atoms with Crippen LogP contribution < -0.4 is 71.2 Å². The van der Waals surface area contributed by atoms with Crippen molar-refractivity contribution in [3.05, 3.63) is 35.9 Å². The number of aliphatic hydroxyl groups is 2. The lowest BCUT2D eigenvalue weighted by molar-refractivity contribution is -0.140. The van der Waals surface area contributed by atoms with Gasteiger partial charge in [-0.1, -0.05) is 44.2 Å². The van der Waals surface area contributed by atoms with E-state index < -0.39 is 120 Å². The Bertz CT molecular complexity index is 1880. The van der Waals surface area contributed by atoms with Crippen molar-refractivity contribution in [2.75, 3.05) is 45.8 Å². The normalized spacial score (nSPS) is 24.1. The molecule has 1 heterocycles. The first-order chi connectivity index (χ1) is 33.2. The first-order valence-electron chi connectivity index (χ1n) is 23.8. The molecule has 0 aliphatic carbocycles. The molecule has 1 fully saturated rings. The van der Waals surface area contributed by atoms with Crippen LogP contribution in [-0.2, 0) is 49.6 Å². The molecule has 0 spiro atoms. The van der Waals surface area contributed by atoms with E-state index in [2.05, 4.69) is 42.5 Å². The molecule has 2 rings (SSSR count). The van der Waals surface area contributed by atoms with Crippen molar-refractivity contribution in [1.29, 1.82) is 0 Å². The highest BCUT2D eigenvalue weighted by Gasteiger charge is 2.35. The highest BCUT2D eigenvalue weighted by molar-refractivity contribution is 5.98. The zero-order valence-electron chi connectivity index (χ0n) is 40.7. The monoisotopic (exact) mass is 991 g/mol. The smallest absolute Gasteiger partial charge is 0.245 e. The molecule has 0 bridgehead atoms. The fraction of sp³-hybridized carbons (Fsp3) is 0.667. The summed E-state index contributed by atoms with van der Waals surface area (Å²) in [6.07, 6.45) is -2.77. The Hall–Kier alpha value is -5.83. The number of benzene rings is 1. The maximum absolute atomic E-state index is 14.3. The molecule has 1 aliphatic heterocycles. The topological polar surface area (TPSA) is 424 Å². The van der Waals surface area contributed by atoms with Crippen LogP contribution in [0.2, 0.25) is 0 Å². The lowest BCUT2D eigenvalue weighted by Gasteiger charge is -2.30. The van der Waals surface area contributed by atoms with Gasteiger partial charge in [0.1, 0.15) is 48.3 Å². The van der Waals surface area contributed by atoms with Crippen molar-refractivity contribution in [2.45, 2.75) is 140 Å². The summed E-state index contributed by atoms with van der Waals surface area (Å²) in [5.74, 6) is -7.49. The highest BCUT2D eigenvalue weighted by Crippen LogP contribution is 2.11. The molecule has 20 N–H and O–H groups in total. The summed E-state index contributed by atoms with van der Waals surface area (Å²) >= 11 is 0. The molecular formula is C45H78N14O11. The van der Waals surface area contributed by atoms with E-state index in [-0.39, 0.29) is 96.6 Å². The Balaban J connectivity index is 2.69. The first-order valence-corrected chi connectivity index (χ1v) is 23.8. The number of aliphatic hydroxyl groups excluding tert-OH is 2. The van der Waals surface area contributed by atoms with Crippen molar-refractivity contribution in [3.63, 3.8) is 0 Å². The van der Waals surface area contributed by atoms with E-state index in [1.807, 2.05) is 0 Å². The van der Waals surface area contributed by atoms with Gasteiger partial charge in [0, 0.05) is 19.5 Å². The van der Waals surface area contributed by atoms with Crippen molar-refractivity contribution >= 4 is 53.2 Å². The van der Waals surface area contributed by atoms with Crippen LogP contribution in [0, 0.1) is 5.92 Å². The summed E-state index contributed by atoms with van der Waals surface area (Å²) in [7, 11) is 0.